The smallest absolute Gasteiger partial charge is 0.236 e. The number of rotatable bonds is 8. The Hall–Kier alpha value is -3.47. The highest BCUT2D eigenvalue weighted by atomic mass is 35.5. The molecule has 0 saturated carbocycles. The molecule has 1 amide bonds. The van der Waals surface area contributed by atoms with Crippen LogP contribution in [-0.4, -0.2) is 43.0 Å². The van der Waals surface area contributed by atoms with Gasteiger partial charge in [0.1, 0.15) is 5.75 Å². The van der Waals surface area contributed by atoms with E-state index in [1.54, 1.807) is 24.5 Å². The minimum atomic E-state index is -0.185. The second-order valence-corrected chi connectivity index (χ2v) is 9.68. The van der Waals surface area contributed by atoms with Crippen molar-refractivity contribution in [3.8, 4) is 22.8 Å². The van der Waals surface area contributed by atoms with Gasteiger partial charge >= 0.3 is 0 Å². The van der Waals surface area contributed by atoms with E-state index in [1.165, 1.54) is 23.1 Å². The fraction of sp³-hybridized carbons (Fsp3) is 0.125. The number of hydrogen-bond acceptors (Lipinski definition) is 8. The molecule has 0 saturated heterocycles. The monoisotopic (exact) mass is 522 g/mol. The maximum Gasteiger partial charge on any atom is 0.236 e. The van der Waals surface area contributed by atoms with Gasteiger partial charge in [0.05, 0.1) is 22.6 Å². The number of nitrogens with one attached hydrogen (secondary N) is 1. The van der Waals surface area contributed by atoms with Gasteiger partial charge in [-0.3, -0.25) is 14.3 Å². The van der Waals surface area contributed by atoms with Crippen LogP contribution in [0.4, 0.5) is 5.13 Å². The first kappa shape index (κ1) is 23.3. The zero-order valence-electron chi connectivity index (χ0n) is 18.5. The standard InChI is InChI=1S/C24H19ClN6O2S2/c1-2-33-18-7-8-19-20(13-18)35-23(27-19)28-21(32)14-34-24-30-29-22(15-9-11-26-12-10-15)31(24)17-5-3-16(25)4-6-17/h3-13H,2,14H2,1H3,(H,27,28,32). The van der Waals surface area contributed by atoms with Gasteiger partial charge in [0, 0.05) is 28.7 Å². The van der Waals surface area contributed by atoms with Crippen LogP contribution in [-0.2, 0) is 4.79 Å². The number of amides is 1. The van der Waals surface area contributed by atoms with Gasteiger partial charge in [-0.2, -0.15) is 0 Å². The van der Waals surface area contributed by atoms with Gasteiger partial charge in [0.2, 0.25) is 5.91 Å². The number of carbonyl (C=O) groups is 1. The minimum absolute atomic E-state index is 0.141. The van der Waals surface area contributed by atoms with Gasteiger partial charge in [-0.1, -0.05) is 34.7 Å². The number of pyridine rings is 1. The lowest BCUT2D eigenvalue weighted by molar-refractivity contribution is -0.113. The van der Waals surface area contributed by atoms with Crippen LogP contribution in [0.2, 0.25) is 5.02 Å². The van der Waals surface area contributed by atoms with Crippen LogP contribution in [0.15, 0.2) is 72.1 Å². The number of halogens is 1. The Kier molecular flexibility index (Phi) is 6.94. The molecule has 0 atom stereocenters. The minimum Gasteiger partial charge on any atom is -0.494 e. The van der Waals surface area contributed by atoms with Crippen molar-refractivity contribution in [2.75, 3.05) is 17.7 Å². The molecule has 0 unspecified atom stereocenters. The lowest BCUT2D eigenvalue weighted by atomic mass is 10.2. The molecule has 0 fully saturated rings. The van der Waals surface area contributed by atoms with Crippen LogP contribution in [0.5, 0.6) is 5.75 Å². The Bertz CT molecular complexity index is 1470. The molecule has 8 nitrogen and oxygen atoms in total. The van der Waals surface area contributed by atoms with Crippen molar-refractivity contribution in [1.82, 2.24) is 24.7 Å². The molecule has 0 aliphatic carbocycles. The molecule has 176 valence electrons. The molecular weight excluding hydrogens is 504 g/mol. The number of benzene rings is 2. The second-order valence-electron chi connectivity index (χ2n) is 7.27. The van der Waals surface area contributed by atoms with Crippen LogP contribution in [0.3, 0.4) is 0 Å². The summed E-state index contributed by atoms with van der Waals surface area (Å²) in [5, 5.41) is 13.4. The van der Waals surface area contributed by atoms with E-state index in [0.29, 0.717) is 27.7 Å². The summed E-state index contributed by atoms with van der Waals surface area (Å²) in [4.78, 5) is 21.3. The zero-order chi connectivity index (χ0) is 24.2. The third-order valence-corrected chi connectivity index (χ3v) is 7.02. The molecule has 11 heteroatoms. The summed E-state index contributed by atoms with van der Waals surface area (Å²) in [6.07, 6.45) is 3.40. The van der Waals surface area contributed by atoms with E-state index >= 15 is 0 Å². The quantitative estimate of drug-likeness (QED) is 0.260. The highest BCUT2D eigenvalue weighted by Gasteiger charge is 2.18. The number of nitrogens with zero attached hydrogens (tertiary/aromatic N) is 5. The largest absolute Gasteiger partial charge is 0.494 e. The van der Waals surface area contributed by atoms with Crippen LogP contribution < -0.4 is 10.1 Å². The molecule has 2 aromatic carbocycles. The average Bonchev–Trinajstić information content (AvgIpc) is 3.47. The van der Waals surface area contributed by atoms with Gasteiger partial charge < -0.3 is 10.1 Å². The lowest BCUT2D eigenvalue weighted by Gasteiger charge is -2.10. The maximum atomic E-state index is 12.7. The predicted molar refractivity (Wildman–Crippen MR) is 140 cm³/mol. The first-order valence-electron chi connectivity index (χ1n) is 10.7. The van der Waals surface area contributed by atoms with E-state index in [4.69, 9.17) is 16.3 Å². The molecule has 35 heavy (non-hydrogen) atoms. The van der Waals surface area contributed by atoms with E-state index in [2.05, 4.69) is 25.5 Å². The summed E-state index contributed by atoms with van der Waals surface area (Å²) in [6.45, 7) is 2.53. The van der Waals surface area contributed by atoms with Gasteiger partial charge in [-0.15, -0.1) is 10.2 Å². The fourth-order valence-electron chi connectivity index (χ4n) is 3.37. The van der Waals surface area contributed by atoms with Crippen molar-refractivity contribution >= 4 is 56.0 Å². The third-order valence-electron chi connectivity index (χ3n) is 4.91. The summed E-state index contributed by atoms with van der Waals surface area (Å²) in [7, 11) is 0. The fourth-order valence-corrected chi connectivity index (χ4v) is 5.16. The van der Waals surface area contributed by atoms with Gasteiger partial charge in [0.15, 0.2) is 16.1 Å². The molecule has 0 aliphatic rings. The number of fused-ring (bicyclic) bond motifs is 1. The molecule has 3 heterocycles. The van der Waals surface area contributed by atoms with Crippen molar-refractivity contribution in [1.29, 1.82) is 0 Å². The van der Waals surface area contributed by atoms with Crippen LogP contribution >= 0.6 is 34.7 Å². The predicted octanol–water partition coefficient (Wildman–Crippen LogP) is 5.72. The van der Waals surface area contributed by atoms with Crippen molar-refractivity contribution in [3.63, 3.8) is 0 Å². The van der Waals surface area contributed by atoms with Gasteiger partial charge in [-0.25, -0.2) is 4.98 Å². The van der Waals surface area contributed by atoms with Crippen LogP contribution in [0.1, 0.15) is 6.92 Å². The molecule has 3 aromatic heterocycles. The number of ether oxygens (including phenoxy) is 1. The molecule has 0 aliphatic heterocycles. The Labute approximate surface area is 214 Å². The van der Waals surface area contributed by atoms with Crippen molar-refractivity contribution < 1.29 is 9.53 Å². The first-order valence-corrected chi connectivity index (χ1v) is 12.9. The summed E-state index contributed by atoms with van der Waals surface area (Å²) in [6, 6.07) is 16.8. The summed E-state index contributed by atoms with van der Waals surface area (Å²) in [5.41, 5.74) is 2.51. The molecule has 5 rings (SSSR count). The molecular formula is C24H19ClN6O2S2. The normalized spacial score (nSPS) is 11.0. The van der Waals surface area contributed by atoms with E-state index in [0.717, 1.165) is 27.2 Å². The van der Waals surface area contributed by atoms with Gasteiger partial charge in [-0.05, 0) is 61.5 Å². The highest BCUT2D eigenvalue weighted by molar-refractivity contribution is 7.99. The van der Waals surface area contributed by atoms with Crippen LogP contribution in [0, 0.1) is 0 Å². The van der Waals surface area contributed by atoms with E-state index in [-0.39, 0.29) is 11.7 Å². The second kappa shape index (κ2) is 10.4. The molecule has 5 aromatic rings. The molecule has 0 bridgehead atoms. The number of hydrogen-bond donors (Lipinski definition) is 1. The van der Waals surface area contributed by atoms with Gasteiger partial charge in [0.25, 0.3) is 0 Å². The number of carbonyl (C=O) groups excluding carboxylic acids is 1. The summed E-state index contributed by atoms with van der Waals surface area (Å²) in [5.74, 6) is 1.38. The lowest BCUT2D eigenvalue weighted by Crippen LogP contribution is -2.14. The Morgan fingerprint density at radius 1 is 1.11 bits per heavy atom. The molecule has 0 spiro atoms. The van der Waals surface area contributed by atoms with E-state index in [9.17, 15) is 4.79 Å². The van der Waals surface area contributed by atoms with Crippen molar-refractivity contribution in [3.05, 3.63) is 72.0 Å². The van der Waals surface area contributed by atoms with Crippen molar-refractivity contribution in [2.45, 2.75) is 12.1 Å². The topological polar surface area (TPSA) is 94.8 Å². The zero-order valence-corrected chi connectivity index (χ0v) is 20.9. The SMILES string of the molecule is CCOc1ccc2nc(NC(=O)CSc3nnc(-c4ccncc4)n3-c3ccc(Cl)cc3)sc2c1. The summed E-state index contributed by atoms with van der Waals surface area (Å²) < 4.78 is 8.39. The van der Waals surface area contributed by atoms with Crippen molar-refractivity contribution in [2.24, 2.45) is 0 Å². The maximum absolute atomic E-state index is 12.7. The first-order chi connectivity index (χ1) is 17.1. The number of anilines is 1. The molecule has 1 N–H and O–H groups in total. The Balaban J connectivity index is 1.34. The van der Waals surface area contributed by atoms with E-state index in [1.807, 2.05) is 54.0 Å². The summed E-state index contributed by atoms with van der Waals surface area (Å²) >= 11 is 8.78. The average molecular weight is 523 g/mol. The number of aromatic nitrogens is 5. The highest BCUT2D eigenvalue weighted by Crippen LogP contribution is 2.31. The number of thiazole rings is 1. The van der Waals surface area contributed by atoms with Crippen LogP contribution in [0.25, 0.3) is 27.3 Å². The molecule has 0 radical (unpaired) electrons. The number of thioether (sulfide) groups is 1. The third kappa shape index (κ3) is 5.29. The Morgan fingerprint density at radius 2 is 1.91 bits per heavy atom. The Morgan fingerprint density at radius 3 is 2.69 bits per heavy atom. The van der Waals surface area contributed by atoms with E-state index < -0.39 is 0 Å².